The van der Waals surface area contributed by atoms with Gasteiger partial charge in [-0.3, -0.25) is 10.1 Å². The summed E-state index contributed by atoms with van der Waals surface area (Å²) in [5.41, 5.74) is 6.40. The number of hydrogen-bond donors (Lipinski definition) is 2. The molecule has 0 aliphatic carbocycles. The van der Waals surface area contributed by atoms with Crippen molar-refractivity contribution in [3.8, 4) is 0 Å². The quantitative estimate of drug-likeness (QED) is 0.787. The molecule has 3 N–H and O–H groups in total. The molecule has 1 rings (SSSR count). The maximum atomic E-state index is 11.5. The van der Waals surface area contributed by atoms with E-state index in [2.05, 4.69) is 10.5 Å². The molecule has 0 saturated heterocycles. The first kappa shape index (κ1) is 12.1. The highest BCUT2D eigenvalue weighted by atomic mass is 32.2. The largest absolute Gasteiger partial charge is 0.338 e. The number of nitrogens with two attached hydrogens (primary N) is 1. The monoisotopic (exact) mass is 229 g/mol. The van der Waals surface area contributed by atoms with E-state index in [4.69, 9.17) is 10.3 Å². The molecule has 0 unspecified atom stereocenters. The summed E-state index contributed by atoms with van der Waals surface area (Å²) < 4.78 is 4.85. The second-order valence-electron chi connectivity index (χ2n) is 3.21. The Balaban J connectivity index is 2.41. The van der Waals surface area contributed by atoms with Crippen molar-refractivity contribution in [3.63, 3.8) is 0 Å². The highest BCUT2D eigenvalue weighted by Gasteiger charge is 2.14. The molecule has 0 bridgehead atoms. The van der Waals surface area contributed by atoms with Gasteiger partial charge in [0.2, 0.25) is 11.8 Å². The van der Waals surface area contributed by atoms with Crippen LogP contribution in [0.4, 0.5) is 5.88 Å². The number of nitrogens with one attached hydrogen (secondary N) is 1. The summed E-state index contributed by atoms with van der Waals surface area (Å²) in [7, 11) is 0. The molecular formula is C9H15N3O2S. The summed E-state index contributed by atoms with van der Waals surface area (Å²) >= 11 is 1.66. The summed E-state index contributed by atoms with van der Waals surface area (Å²) in [6, 6.07) is 1.15. The Hall–Kier alpha value is -1.01. The van der Waals surface area contributed by atoms with Crippen molar-refractivity contribution in [1.82, 2.24) is 5.16 Å². The second-order valence-corrected chi connectivity index (χ2v) is 4.20. The Bertz CT molecular complexity index is 327. The molecule has 0 saturated carbocycles. The molecule has 1 aromatic heterocycles. The average Bonchev–Trinajstić information content (AvgIpc) is 2.60. The lowest BCUT2D eigenvalue weighted by molar-refractivity contribution is -0.117. The molecule has 1 atom stereocenters. The van der Waals surface area contributed by atoms with E-state index >= 15 is 0 Å². The Morgan fingerprint density at radius 3 is 3.07 bits per heavy atom. The van der Waals surface area contributed by atoms with Crippen molar-refractivity contribution in [3.05, 3.63) is 11.8 Å². The van der Waals surface area contributed by atoms with E-state index in [0.717, 1.165) is 11.4 Å². The van der Waals surface area contributed by atoms with Crippen LogP contribution in [0, 0.1) is 6.92 Å². The van der Waals surface area contributed by atoms with Gasteiger partial charge in [0, 0.05) is 6.07 Å². The molecule has 0 fully saturated rings. The zero-order valence-corrected chi connectivity index (χ0v) is 9.63. The van der Waals surface area contributed by atoms with Gasteiger partial charge in [-0.2, -0.15) is 11.8 Å². The van der Waals surface area contributed by atoms with Crippen LogP contribution in [0.1, 0.15) is 12.1 Å². The highest BCUT2D eigenvalue weighted by Crippen LogP contribution is 2.09. The summed E-state index contributed by atoms with van der Waals surface area (Å²) in [6.45, 7) is 1.78. The predicted octanol–water partition coefficient (Wildman–Crippen LogP) is 1.00. The molecule has 1 aromatic rings. The minimum Gasteiger partial charge on any atom is -0.338 e. The number of anilines is 1. The van der Waals surface area contributed by atoms with Crippen molar-refractivity contribution >= 4 is 23.6 Å². The lowest BCUT2D eigenvalue weighted by atomic mass is 10.2. The van der Waals surface area contributed by atoms with E-state index in [0.29, 0.717) is 12.3 Å². The second kappa shape index (κ2) is 5.77. The van der Waals surface area contributed by atoms with Gasteiger partial charge in [0.15, 0.2) is 0 Å². The van der Waals surface area contributed by atoms with Gasteiger partial charge in [-0.05, 0) is 25.4 Å². The Kier molecular flexibility index (Phi) is 4.64. The van der Waals surface area contributed by atoms with Gasteiger partial charge < -0.3 is 10.3 Å². The fourth-order valence-corrected chi connectivity index (χ4v) is 1.50. The molecule has 0 radical (unpaired) electrons. The van der Waals surface area contributed by atoms with Crippen LogP contribution in [-0.4, -0.2) is 29.1 Å². The van der Waals surface area contributed by atoms with Crippen LogP contribution >= 0.6 is 11.8 Å². The van der Waals surface area contributed by atoms with Gasteiger partial charge >= 0.3 is 0 Å². The summed E-state index contributed by atoms with van der Waals surface area (Å²) in [5.74, 6) is 0.974. The van der Waals surface area contributed by atoms with Crippen LogP contribution in [0.5, 0.6) is 0 Å². The fourth-order valence-electron chi connectivity index (χ4n) is 1.01. The van der Waals surface area contributed by atoms with Gasteiger partial charge in [-0.25, -0.2) is 0 Å². The minimum atomic E-state index is -0.497. The third-order valence-corrected chi connectivity index (χ3v) is 2.49. The molecular weight excluding hydrogens is 214 g/mol. The lowest BCUT2D eigenvalue weighted by Gasteiger charge is -2.08. The third kappa shape index (κ3) is 3.93. The summed E-state index contributed by atoms with van der Waals surface area (Å²) in [5, 5.41) is 6.23. The van der Waals surface area contributed by atoms with E-state index in [1.807, 2.05) is 6.26 Å². The van der Waals surface area contributed by atoms with Crippen LogP contribution in [-0.2, 0) is 4.79 Å². The molecule has 6 heteroatoms. The van der Waals surface area contributed by atoms with Gasteiger partial charge in [-0.1, -0.05) is 5.16 Å². The first-order valence-electron chi connectivity index (χ1n) is 4.62. The number of aryl methyl sites for hydroxylation is 1. The molecule has 5 nitrogen and oxygen atoms in total. The topological polar surface area (TPSA) is 81.2 Å². The fraction of sp³-hybridized carbons (Fsp3) is 0.556. The van der Waals surface area contributed by atoms with Crippen molar-refractivity contribution < 1.29 is 9.32 Å². The van der Waals surface area contributed by atoms with Crippen molar-refractivity contribution in [2.75, 3.05) is 17.3 Å². The smallest absolute Gasteiger partial charge is 0.243 e. The SMILES string of the molecule is CSCC[C@@H](N)C(=O)Nc1cc(C)no1. The van der Waals surface area contributed by atoms with Crippen LogP contribution < -0.4 is 11.1 Å². The normalized spacial score (nSPS) is 12.5. The van der Waals surface area contributed by atoms with Crippen LogP contribution in [0.15, 0.2) is 10.6 Å². The van der Waals surface area contributed by atoms with Crippen molar-refractivity contribution in [2.45, 2.75) is 19.4 Å². The number of amides is 1. The molecule has 1 heterocycles. The van der Waals surface area contributed by atoms with Crippen LogP contribution in [0.25, 0.3) is 0 Å². The Labute approximate surface area is 92.8 Å². The number of carbonyl (C=O) groups excluding carboxylic acids is 1. The first-order chi connectivity index (χ1) is 7.13. The molecule has 1 amide bonds. The van der Waals surface area contributed by atoms with Gasteiger partial charge in [0.1, 0.15) is 0 Å². The number of carbonyl (C=O) groups is 1. The summed E-state index contributed by atoms with van der Waals surface area (Å²) in [6.07, 6.45) is 2.63. The molecule has 0 aliphatic rings. The highest BCUT2D eigenvalue weighted by molar-refractivity contribution is 7.98. The molecule has 84 valence electrons. The van der Waals surface area contributed by atoms with Crippen LogP contribution in [0.2, 0.25) is 0 Å². The third-order valence-electron chi connectivity index (χ3n) is 1.84. The number of nitrogens with zero attached hydrogens (tertiary/aromatic N) is 1. The minimum absolute atomic E-state index is 0.236. The van der Waals surface area contributed by atoms with Crippen LogP contribution in [0.3, 0.4) is 0 Å². The maximum Gasteiger partial charge on any atom is 0.243 e. The zero-order valence-electron chi connectivity index (χ0n) is 8.82. The molecule has 0 aliphatic heterocycles. The van der Waals surface area contributed by atoms with E-state index in [1.54, 1.807) is 24.8 Å². The van der Waals surface area contributed by atoms with Gasteiger partial charge in [-0.15, -0.1) is 0 Å². The van der Waals surface area contributed by atoms with E-state index in [-0.39, 0.29) is 5.91 Å². The molecule has 0 spiro atoms. The number of rotatable bonds is 5. The Morgan fingerprint density at radius 2 is 2.53 bits per heavy atom. The number of hydrogen-bond acceptors (Lipinski definition) is 5. The average molecular weight is 229 g/mol. The van der Waals surface area contributed by atoms with Crippen molar-refractivity contribution in [2.24, 2.45) is 5.73 Å². The van der Waals surface area contributed by atoms with Gasteiger partial charge in [0.05, 0.1) is 11.7 Å². The Morgan fingerprint density at radius 1 is 1.80 bits per heavy atom. The number of thioether (sulfide) groups is 1. The zero-order chi connectivity index (χ0) is 11.3. The van der Waals surface area contributed by atoms with E-state index < -0.39 is 6.04 Å². The van der Waals surface area contributed by atoms with E-state index in [9.17, 15) is 4.79 Å². The predicted molar refractivity (Wildman–Crippen MR) is 60.8 cm³/mol. The van der Waals surface area contributed by atoms with Gasteiger partial charge in [0.25, 0.3) is 0 Å². The van der Waals surface area contributed by atoms with E-state index in [1.165, 1.54) is 0 Å². The number of aromatic nitrogens is 1. The molecule has 0 aromatic carbocycles. The summed E-state index contributed by atoms with van der Waals surface area (Å²) in [4.78, 5) is 11.5. The maximum absolute atomic E-state index is 11.5. The standard InChI is InChI=1S/C9H15N3O2S/c1-6-5-8(14-12-6)11-9(13)7(10)3-4-15-2/h5,7H,3-4,10H2,1-2H3,(H,11,13)/t7-/m1/s1. The first-order valence-corrected chi connectivity index (χ1v) is 6.01. The molecule has 15 heavy (non-hydrogen) atoms. The lowest BCUT2D eigenvalue weighted by Crippen LogP contribution is -2.35. The van der Waals surface area contributed by atoms with Crippen molar-refractivity contribution in [1.29, 1.82) is 0 Å².